The fraction of sp³-hybridized carbons (Fsp3) is 0.409. The molecule has 1 saturated heterocycles. The Morgan fingerprint density at radius 2 is 1.87 bits per heavy atom. The molecule has 2 atom stereocenters. The highest BCUT2D eigenvalue weighted by Crippen LogP contribution is 2.38. The second-order valence-corrected chi connectivity index (χ2v) is 9.67. The van der Waals surface area contributed by atoms with E-state index >= 15 is 0 Å². The van der Waals surface area contributed by atoms with E-state index in [4.69, 9.17) is 4.74 Å². The van der Waals surface area contributed by atoms with Crippen molar-refractivity contribution in [2.45, 2.75) is 43.7 Å². The van der Waals surface area contributed by atoms with Crippen molar-refractivity contribution in [1.82, 2.24) is 0 Å². The summed E-state index contributed by atoms with van der Waals surface area (Å²) in [5, 5.41) is 0. The molecule has 2 aromatic rings. The van der Waals surface area contributed by atoms with Gasteiger partial charge in [-0.2, -0.15) is 0 Å². The van der Waals surface area contributed by atoms with Gasteiger partial charge in [-0.05, 0) is 57.0 Å². The van der Waals surface area contributed by atoms with E-state index in [0.717, 1.165) is 36.4 Å². The van der Waals surface area contributed by atoms with Gasteiger partial charge in [-0.3, -0.25) is 9.52 Å². The molecule has 0 spiro atoms. The van der Waals surface area contributed by atoms with Gasteiger partial charge in [0, 0.05) is 20.2 Å². The number of aryl methyl sites for hydroxylation is 1. The van der Waals surface area contributed by atoms with E-state index in [9.17, 15) is 13.2 Å². The predicted octanol–water partition coefficient (Wildman–Crippen LogP) is 3.15. The van der Waals surface area contributed by atoms with E-state index in [1.54, 1.807) is 54.4 Å². The van der Waals surface area contributed by atoms with E-state index in [2.05, 4.69) is 4.72 Å². The van der Waals surface area contributed by atoms with Crippen LogP contribution in [0.25, 0.3) is 0 Å². The minimum atomic E-state index is -3.71. The van der Waals surface area contributed by atoms with Crippen molar-refractivity contribution in [1.29, 1.82) is 0 Å². The standard InChI is InChI=1S/C22H27N3O4S/c1-15-6-9-19(10-7-15)30(27,28)23-17-8-11-20-21(13-17)25(14-18-5-4-12-29-18)16(2)22(26)24(20)3/h6-11,13,16,18,23H,4-5,12,14H2,1-3H3. The molecule has 2 unspecified atom stereocenters. The molecule has 0 bridgehead atoms. The smallest absolute Gasteiger partial charge is 0.261 e. The second kappa shape index (κ2) is 7.92. The Morgan fingerprint density at radius 1 is 1.13 bits per heavy atom. The molecule has 1 N–H and O–H groups in total. The molecule has 2 aromatic carbocycles. The van der Waals surface area contributed by atoms with Gasteiger partial charge in [0.25, 0.3) is 10.0 Å². The number of fused-ring (bicyclic) bond motifs is 1. The fourth-order valence-corrected chi connectivity index (χ4v) is 5.09. The zero-order valence-electron chi connectivity index (χ0n) is 17.5. The molecule has 1 fully saturated rings. The Morgan fingerprint density at radius 3 is 2.53 bits per heavy atom. The fourth-order valence-electron chi connectivity index (χ4n) is 4.04. The summed E-state index contributed by atoms with van der Waals surface area (Å²) in [6.07, 6.45) is 2.05. The van der Waals surface area contributed by atoms with E-state index in [1.165, 1.54) is 0 Å². The molecule has 1 amide bonds. The molecule has 2 heterocycles. The summed E-state index contributed by atoms with van der Waals surface area (Å²) in [5.74, 6) is 0.00785. The zero-order chi connectivity index (χ0) is 21.5. The number of hydrogen-bond acceptors (Lipinski definition) is 5. The van der Waals surface area contributed by atoms with Gasteiger partial charge in [0.15, 0.2) is 0 Å². The van der Waals surface area contributed by atoms with Gasteiger partial charge < -0.3 is 14.5 Å². The lowest BCUT2D eigenvalue weighted by Gasteiger charge is -2.41. The lowest BCUT2D eigenvalue weighted by Crippen LogP contribution is -2.52. The number of ether oxygens (including phenoxy) is 1. The topological polar surface area (TPSA) is 79.0 Å². The quantitative estimate of drug-likeness (QED) is 0.790. The van der Waals surface area contributed by atoms with Crippen LogP contribution in [0.4, 0.5) is 17.1 Å². The van der Waals surface area contributed by atoms with Gasteiger partial charge in [-0.15, -0.1) is 0 Å². The van der Waals surface area contributed by atoms with Crippen LogP contribution < -0.4 is 14.5 Å². The van der Waals surface area contributed by atoms with Gasteiger partial charge >= 0.3 is 0 Å². The Bertz CT molecular complexity index is 1050. The van der Waals surface area contributed by atoms with Gasteiger partial charge in [0.1, 0.15) is 6.04 Å². The molecule has 160 valence electrons. The number of sulfonamides is 1. The second-order valence-electron chi connectivity index (χ2n) is 7.98. The Hall–Kier alpha value is -2.58. The van der Waals surface area contributed by atoms with Crippen LogP contribution in [0.2, 0.25) is 0 Å². The van der Waals surface area contributed by atoms with Crippen molar-refractivity contribution in [3.63, 3.8) is 0 Å². The summed E-state index contributed by atoms with van der Waals surface area (Å²) in [4.78, 5) is 16.6. The monoisotopic (exact) mass is 429 g/mol. The lowest BCUT2D eigenvalue weighted by molar-refractivity contribution is -0.119. The van der Waals surface area contributed by atoms with Crippen molar-refractivity contribution >= 4 is 33.0 Å². The maximum Gasteiger partial charge on any atom is 0.261 e. The van der Waals surface area contributed by atoms with Crippen LogP contribution in [-0.2, 0) is 19.6 Å². The number of amides is 1. The molecule has 8 heteroatoms. The van der Waals surface area contributed by atoms with Crippen molar-refractivity contribution in [2.24, 2.45) is 0 Å². The molecule has 0 radical (unpaired) electrons. The number of carbonyl (C=O) groups is 1. The van der Waals surface area contributed by atoms with Crippen molar-refractivity contribution in [3.8, 4) is 0 Å². The Kier molecular flexibility index (Phi) is 5.46. The first-order valence-electron chi connectivity index (χ1n) is 10.2. The number of nitrogens with zero attached hydrogens (tertiary/aromatic N) is 2. The highest BCUT2D eigenvalue weighted by atomic mass is 32.2. The predicted molar refractivity (Wildman–Crippen MR) is 118 cm³/mol. The first-order chi connectivity index (χ1) is 14.3. The number of hydrogen-bond donors (Lipinski definition) is 1. The minimum Gasteiger partial charge on any atom is -0.376 e. The largest absolute Gasteiger partial charge is 0.376 e. The number of rotatable bonds is 5. The summed E-state index contributed by atoms with van der Waals surface area (Å²) in [5.41, 5.74) is 3.04. The van der Waals surface area contributed by atoms with E-state index in [0.29, 0.717) is 12.2 Å². The van der Waals surface area contributed by atoms with E-state index in [1.807, 2.05) is 18.7 Å². The Labute approximate surface area is 177 Å². The zero-order valence-corrected chi connectivity index (χ0v) is 18.3. The highest BCUT2D eigenvalue weighted by molar-refractivity contribution is 7.92. The average Bonchev–Trinajstić information content (AvgIpc) is 3.23. The maximum atomic E-state index is 12.8. The van der Waals surface area contributed by atoms with Crippen molar-refractivity contribution in [2.75, 3.05) is 34.7 Å². The number of anilines is 3. The van der Waals surface area contributed by atoms with E-state index < -0.39 is 10.0 Å². The molecule has 0 aromatic heterocycles. The summed E-state index contributed by atoms with van der Waals surface area (Å²) in [7, 11) is -1.96. The average molecular weight is 430 g/mol. The summed E-state index contributed by atoms with van der Waals surface area (Å²) < 4.78 is 34.1. The first kappa shape index (κ1) is 20.7. The van der Waals surface area contributed by atoms with Crippen LogP contribution in [0.1, 0.15) is 25.3 Å². The lowest BCUT2D eigenvalue weighted by atomic mass is 10.1. The number of nitrogens with one attached hydrogen (secondary N) is 1. The third-order valence-corrected chi connectivity index (χ3v) is 7.21. The van der Waals surface area contributed by atoms with Crippen LogP contribution in [-0.4, -0.2) is 46.7 Å². The Balaban J connectivity index is 1.66. The van der Waals surface area contributed by atoms with Crippen LogP contribution >= 0.6 is 0 Å². The highest BCUT2D eigenvalue weighted by Gasteiger charge is 2.35. The van der Waals surface area contributed by atoms with E-state index in [-0.39, 0.29) is 22.9 Å². The van der Waals surface area contributed by atoms with Crippen LogP contribution in [0, 0.1) is 6.92 Å². The number of carbonyl (C=O) groups excluding carboxylic acids is 1. The number of likely N-dealkylation sites (N-methyl/N-ethyl adjacent to an activating group) is 1. The van der Waals surface area contributed by atoms with Crippen molar-refractivity contribution in [3.05, 3.63) is 48.0 Å². The summed E-state index contributed by atoms with van der Waals surface area (Å²) in [6.45, 7) is 5.13. The van der Waals surface area contributed by atoms with Crippen LogP contribution in [0.3, 0.4) is 0 Å². The third-order valence-electron chi connectivity index (χ3n) is 5.81. The van der Waals surface area contributed by atoms with Crippen LogP contribution in [0.5, 0.6) is 0 Å². The molecule has 2 aliphatic heterocycles. The maximum absolute atomic E-state index is 12.8. The summed E-state index contributed by atoms with van der Waals surface area (Å²) in [6, 6.07) is 11.7. The molecule has 4 rings (SSSR count). The van der Waals surface area contributed by atoms with Gasteiger partial charge in [0.05, 0.1) is 28.1 Å². The first-order valence-corrected chi connectivity index (χ1v) is 11.6. The van der Waals surface area contributed by atoms with Gasteiger partial charge in [0.2, 0.25) is 5.91 Å². The molecule has 30 heavy (non-hydrogen) atoms. The van der Waals surface area contributed by atoms with Gasteiger partial charge in [-0.25, -0.2) is 8.42 Å². The molecule has 7 nitrogen and oxygen atoms in total. The molecule has 0 saturated carbocycles. The SMILES string of the molecule is Cc1ccc(S(=O)(=O)Nc2ccc3c(c2)N(CC2CCCO2)C(C)C(=O)N3C)cc1. The van der Waals surface area contributed by atoms with Crippen molar-refractivity contribution < 1.29 is 17.9 Å². The molecule has 0 aliphatic carbocycles. The van der Waals surface area contributed by atoms with Crippen LogP contribution in [0.15, 0.2) is 47.4 Å². The molecule has 2 aliphatic rings. The van der Waals surface area contributed by atoms with Gasteiger partial charge in [-0.1, -0.05) is 17.7 Å². The third kappa shape index (κ3) is 3.89. The normalized spacial score (nSPS) is 21.6. The minimum absolute atomic E-state index is 0.00785. The summed E-state index contributed by atoms with van der Waals surface area (Å²) >= 11 is 0. The molecular formula is C22H27N3O4S. The number of benzene rings is 2. The molecular weight excluding hydrogens is 402 g/mol.